The summed E-state index contributed by atoms with van der Waals surface area (Å²) in [5, 5.41) is 0. The summed E-state index contributed by atoms with van der Waals surface area (Å²) in [4.78, 5) is -0.640. The Labute approximate surface area is 128 Å². The van der Waals surface area contributed by atoms with Gasteiger partial charge >= 0.3 is 0 Å². The van der Waals surface area contributed by atoms with Crippen LogP contribution in [0.15, 0.2) is 45.8 Å². The van der Waals surface area contributed by atoms with Crippen LogP contribution in [0.1, 0.15) is 0 Å². The molecule has 0 saturated carbocycles. The van der Waals surface area contributed by atoms with Crippen LogP contribution in [-0.2, 0) is 10.0 Å². The van der Waals surface area contributed by atoms with Gasteiger partial charge in [-0.25, -0.2) is 17.2 Å². The molecule has 0 aliphatic heterocycles. The number of ether oxygens (including phenoxy) is 1. The Morgan fingerprint density at radius 1 is 1.14 bits per heavy atom. The van der Waals surface area contributed by atoms with Gasteiger partial charge < -0.3 is 4.74 Å². The van der Waals surface area contributed by atoms with Gasteiger partial charge in [-0.05, 0) is 40.2 Å². The van der Waals surface area contributed by atoms with Gasteiger partial charge in [0.15, 0.2) is 0 Å². The molecule has 0 saturated heterocycles. The standard InChI is InChI=1S/C13H10BrF2NO3S/c1-20-9-3-4-10(14)12(7-9)17-21(18,19)13-5-2-8(15)6-11(13)16/h2-7,17H,1H3. The van der Waals surface area contributed by atoms with E-state index < -0.39 is 26.6 Å². The average Bonchev–Trinajstić information content (AvgIpc) is 2.40. The lowest BCUT2D eigenvalue weighted by molar-refractivity contribution is 0.415. The number of benzene rings is 2. The van der Waals surface area contributed by atoms with E-state index in [9.17, 15) is 17.2 Å². The summed E-state index contributed by atoms with van der Waals surface area (Å²) in [7, 11) is -2.75. The molecule has 0 aromatic heterocycles. The predicted molar refractivity (Wildman–Crippen MR) is 77.9 cm³/mol. The molecule has 0 aliphatic carbocycles. The highest BCUT2D eigenvalue weighted by Gasteiger charge is 2.20. The zero-order valence-corrected chi connectivity index (χ0v) is 13.1. The van der Waals surface area contributed by atoms with Gasteiger partial charge in [0, 0.05) is 16.6 Å². The van der Waals surface area contributed by atoms with Crippen LogP contribution >= 0.6 is 15.9 Å². The largest absolute Gasteiger partial charge is 0.497 e. The number of rotatable bonds is 4. The van der Waals surface area contributed by atoms with Crippen molar-refractivity contribution in [1.29, 1.82) is 0 Å². The fraction of sp³-hybridized carbons (Fsp3) is 0.0769. The summed E-state index contributed by atoms with van der Waals surface area (Å²) in [6.45, 7) is 0. The maximum Gasteiger partial charge on any atom is 0.264 e. The van der Waals surface area contributed by atoms with Crippen LogP contribution < -0.4 is 9.46 Å². The van der Waals surface area contributed by atoms with E-state index in [1.165, 1.54) is 13.2 Å². The van der Waals surface area contributed by atoms with Gasteiger partial charge in [-0.15, -0.1) is 0 Å². The van der Waals surface area contributed by atoms with E-state index in [-0.39, 0.29) is 5.69 Å². The topological polar surface area (TPSA) is 55.4 Å². The minimum Gasteiger partial charge on any atom is -0.497 e. The maximum absolute atomic E-state index is 13.6. The number of halogens is 3. The molecule has 2 rings (SSSR count). The lowest BCUT2D eigenvalue weighted by atomic mass is 10.3. The summed E-state index contributed by atoms with van der Waals surface area (Å²) in [5.74, 6) is -1.59. The molecule has 21 heavy (non-hydrogen) atoms. The summed E-state index contributed by atoms with van der Waals surface area (Å²) in [6.07, 6.45) is 0. The third-order valence-corrected chi connectivity index (χ3v) is 4.69. The van der Waals surface area contributed by atoms with Crippen molar-refractivity contribution in [3.8, 4) is 5.75 Å². The van der Waals surface area contributed by atoms with E-state index in [4.69, 9.17) is 4.74 Å². The monoisotopic (exact) mass is 377 g/mol. The van der Waals surface area contributed by atoms with Gasteiger partial charge in [-0.3, -0.25) is 4.72 Å². The number of methoxy groups -OCH3 is 1. The van der Waals surface area contributed by atoms with E-state index in [1.807, 2.05) is 0 Å². The molecule has 0 atom stereocenters. The molecule has 112 valence electrons. The van der Waals surface area contributed by atoms with Crippen molar-refractivity contribution < 1.29 is 21.9 Å². The second-order valence-electron chi connectivity index (χ2n) is 4.03. The average molecular weight is 378 g/mol. The van der Waals surface area contributed by atoms with E-state index in [1.54, 1.807) is 12.1 Å². The molecule has 0 fully saturated rings. The molecule has 0 bridgehead atoms. The quantitative estimate of drug-likeness (QED) is 0.886. The molecule has 0 radical (unpaired) electrons. The van der Waals surface area contributed by atoms with E-state index in [0.717, 1.165) is 12.1 Å². The van der Waals surface area contributed by atoms with Crippen LogP contribution in [0.2, 0.25) is 0 Å². The summed E-state index contributed by atoms with van der Waals surface area (Å²) < 4.78 is 58.4. The van der Waals surface area contributed by atoms with Crippen LogP contribution in [0.25, 0.3) is 0 Å². The van der Waals surface area contributed by atoms with Crippen molar-refractivity contribution in [1.82, 2.24) is 0 Å². The highest BCUT2D eigenvalue weighted by atomic mass is 79.9. The second-order valence-corrected chi connectivity index (χ2v) is 6.53. The van der Waals surface area contributed by atoms with Crippen LogP contribution in [0.4, 0.5) is 14.5 Å². The first-order valence-corrected chi connectivity index (χ1v) is 7.92. The zero-order valence-electron chi connectivity index (χ0n) is 10.7. The van der Waals surface area contributed by atoms with Crippen LogP contribution in [0, 0.1) is 11.6 Å². The summed E-state index contributed by atoms with van der Waals surface area (Å²) in [6, 6.07) is 6.88. The van der Waals surface area contributed by atoms with Crippen molar-refractivity contribution in [2.24, 2.45) is 0 Å². The molecule has 0 heterocycles. The summed E-state index contributed by atoms with van der Waals surface area (Å²) >= 11 is 3.18. The van der Waals surface area contributed by atoms with Crippen molar-refractivity contribution in [3.05, 3.63) is 52.5 Å². The van der Waals surface area contributed by atoms with E-state index in [0.29, 0.717) is 16.3 Å². The fourth-order valence-corrected chi connectivity index (χ4v) is 3.21. The van der Waals surface area contributed by atoms with Gasteiger partial charge in [0.25, 0.3) is 10.0 Å². The summed E-state index contributed by atoms with van der Waals surface area (Å²) in [5.41, 5.74) is 0.179. The van der Waals surface area contributed by atoms with Crippen molar-refractivity contribution in [2.75, 3.05) is 11.8 Å². The first-order valence-electron chi connectivity index (χ1n) is 5.65. The minimum absolute atomic E-state index is 0.179. The molecule has 0 amide bonds. The first kappa shape index (κ1) is 15.7. The van der Waals surface area contributed by atoms with Crippen molar-refractivity contribution >= 4 is 31.6 Å². The predicted octanol–water partition coefficient (Wildman–Crippen LogP) is 3.54. The Morgan fingerprint density at radius 3 is 2.48 bits per heavy atom. The molecule has 2 aromatic rings. The van der Waals surface area contributed by atoms with Gasteiger partial charge in [-0.2, -0.15) is 0 Å². The normalized spacial score (nSPS) is 11.2. The van der Waals surface area contributed by atoms with E-state index >= 15 is 0 Å². The zero-order chi connectivity index (χ0) is 15.6. The molecule has 1 N–H and O–H groups in total. The second kappa shape index (κ2) is 5.98. The highest BCUT2D eigenvalue weighted by molar-refractivity contribution is 9.10. The molecule has 2 aromatic carbocycles. The first-order chi connectivity index (χ1) is 9.83. The minimum atomic E-state index is -4.19. The maximum atomic E-state index is 13.6. The molecule has 8 heteroatoms. The Bertz CT molecular complexity index is 781. The lowest BCUT2D eigenvalue weighted by Crippen LogP contribution is -2.15. The van der Waals surface area contributed by atoms with Crippen LogP contribution in [-0.4, -0.2) is 15.5 Å². The molecular formula is C13H10BrF2NO3S. The Balaban J connectivity index is 2.42. The number of nitrogens with one attached hydrogen (secondary N) is 1. The lowest BCUT2D eigenvalue weighted by Gasteiger charge is -2.11. The van der Waals surface area contributed by atoms with Gasteiger partial charge in [-0.1, -0.05) is 0 Å². The van der Waals surface area contributed by atoms with Crippen molar-refractivity contribution in [3.63, 3.8) is 0 Å². The molecule has 0 unspecified atom stereocenters. The van der Waals surface area contributed by atoms with Crippen LogP contribution in [0.5, 0.6) is 5.75 Å². The Kier molecular flexibility index (Phi) is 4.48. The Morgan fingerprint density at radius 2 is 1.86 bits per heavy atom. The SMILES string of the molecule is COc1ccc(Br)c(NS(=O)(=O)c2ccc(F)cc2F)c1. The van der Waals surface area contributed by atoms with Gasteiger partial charge in [0.05, 0.1) is 12.8 Å². The number of sulfonamides is 1. The number of hydrogen-bond acceptors (Lipinski definition) is 3. The van der Waals surface area contributed by atoms with Gasteiger partial charge in [0.1, 0.15) is 22.3 Å². The number of anilines is 1. The van der Waals surface area contributed by atoms with Crippen molar-refractivity contribution in [2.45, 2.75) is 4.90 Å². The molecule has 4 nitrogen and oxygen atoms in total. The smallest absolute Gasteiger partial charge is 0.264 e. The van der Waals surface area contributed by atoms with Crippen LogP contribution in [0.3, 0.4) is 0 Å². The molecule has 0 spiro atoms. The third kappa shape index (κ3) is 3.51. The fourth-order valence-electron chi connectivity index (χ4n) is 1.60. The third-order valence-electron chi connectivity index (χ3n) is 2.60. The number of hydrogen-bond donors (Lipinski definition) is 1. The molecular weight excluding hydrogens is 368 g/mol. The van der Waals surface area contributed by atoms with Gasteiger partial charge in [0.2, 0.25) is 0 Å². The molecule has 0 aliphatic rings. The highest BCUT2D eigenvalue weighted by Crippen LogP contribution is 2.29. The Hall–Kier alpha value is -1.67. The van der Waals surface area contributed by atoms with E-state index in [2.05, 4.69) is 20.7 Å².